The fourth-order valence-electron chi connectivity index (χ4n) is 2.78. The Bertz CT molecular complexity index is 623. The van der Waals surface area contributed by atoms with Gasteiger partial charge in [0.15, 0.2) is 0 Å². The van der Waals surface area contributed by atoms with E-state index in [0.29, 0.717) is 0 Å². The second-order valence-electron chi connectivity index (χ2n) is 5.01. The molecule has 19 heavy (non-hydrogen) atoms. The lowest BCUT2D eigenvalue weighted by molar-refractivity contribution is -0.384. The molecule has 0 unspecified atom stereocenters. The normalized spacial score (nSPS) is 23.6. The van der Waals surface area contributed by atoms with E-state index < -0.39 is 11.0 Å². The molecule has 1 aromatic carbocycles. The molecule has 2 atom stereocenters. The van der Waals surface area contributed by atoms with Gasteiger partial charge in [-0.1, -0.05) is 12.8 Å². The topological polar surface area (TPSA) is 81.2 Å². The number of hydrogen-bond donors (Lipinski definition) is 1. The van der Waals surface area contributed by atoms with E-state index in [0.717, 1.165) is 36.6 Å². The molecule has 1 heterocycles. The van der Waals surface area contributed by atoms with Crippen molar-refractivity contribution in [3.8, 4) is 0 Å². The molecule has 6 nitrogen and oxygen atoms in total. The van der Waals surface area contributed by atoms with Gasteiger partial charge >= 0.3 is 0 Å². The van der Waals surface area contributed by atoms with Crippen molar-refractivity contribution in [3.63, 3.8) is 0 Å². The van der Waals surface area contributed by atoms with Crippen molar-refractivity contribution < 1.29 is 10.0 Å². The first-order chi connectivity index (χ1) is 9.16. The Balaban J connectivity index is 2.07. The largest absolute Gasteiger partial charge is 0.391 e. The number of aliphatic hydroxyl groups excluding tert-OH is 1. The van der Waals surface area contributed by atoms with Crippen LogP contribution in [0.25, 0.3) is 10.9 Å². The zero-order valence-corrected chi connectivity index (χ0v) is 10.4. The molecule has 0 saturated heterocycles. The van der Waals surface area contributed by atoms with Crippen molar-refractivity contribution in [2.45, 2.75) is 37.8 Å². The monoisotopic (exact) mass is 261 g/mol. The van der Waals surface area contributed by atoms with Crippen LogP contribution in [-0.2, 0) is 0 Å². The summed E-state index contributed by atoms with van der Waals surface area (Å²) in [6.45, 7) is 0. The summed E-state index contributed by atoms with van der Waals surface area (Å²) in [5, 5.41) is 26.1. The van der Waals surface area contributed by atoms with Crippen LogP contribution in [0.15, 0.2) is 24.4 Å². The highest BCUT2D eigenvalue weighted by molar-refractivity contribution is 5.81. The maximum atomic E-state index is 10.8. The van der Waals surface area contributed by atoms with Crippen LogP contribution >= 0.6 is 0 Å². The van der Waals surface area contributed by atoms with Gasteiger partial charge in [-0.2, -0.15) is 5.10 Å². The molecule has 1 fully saturated rings. The third-order valence-electron chi connectivity index (χ3n) is 3.80. The molecule has 0 radical (unpaired) electrons. The summed E-state index contributed by atoms with van der Waals surface area (Å²) < 4.78 is 1.74. The van der Waals surface area contributed by atoms with Gasteiger partial charge in [-0.05, 0) is 18.9 Å². The van der Waals surface area contributed by atoms with Crippen molar-refractivity contribution in [2.75, 3.05) is 0 Å². The highest BCUT2D eigenvalue weighted by Crippen LogP contribution is 2.31. The second kappa shape index (κ2) is 4.62. The summed E-state index contributed by atoms with van der Waals surface area (Å²) in [5.74, 6) is 0. The maximum Gasteiger partial charge on any atom is 0.271 e. The number of benzene rings is 1. The van der Waals surface area contributed by atoms with Gasteiger partial charge in [-0.25, -0.2) is 0 Å². The molecule has 0 bridgehead atoms. The van der Waals surface area contributed by atoms with Gasteiger partial charge in [0.25, 0.3) is 5.69 Å². The van der Waals surface area contributed by atoms with Crippen molar-refractivity contribution in [1.29, 1.82) is 0 Å². The summed E-state index contributed by atoms with van der Waals surface area (Å²) in [5.41, 5.74) is 0.777. The number of rotatable bonds is 2. The van der Waals surface area contributed by atoms with Crippen molar-refractivity contribution in [3.05, 3.63) is 34.5 Å². The molecule has 0 spiro atoms. The molecule has 3 rings (SSSR count). The van der Waals surface area contributed by atoms with E-state index in [1.54, 1.807) is 16.9 Å². The molecular weight excluding hydrogens is 246 g/mol. The Kier molecular flexibility index (Phi) is 2.94. The van der Waals surface area contributed by atoms with Crippen LogP contribution < -0.4 is 0 Å². The average molecular weight is 261 g/mol. The molecule has 1 aliphatic carbocycles. The third kappa shape index (κ3) is 2.08. The van der Waals surface area contributed by atoms with Gasteiger partial charge < -0.3 is 5.11 Å². The van der Waals surface area contributed by atoms with E-state index in [1.807, 2.05) is 0 Å². The van der Waals surface area contributed by atoms with Gasteiger partial charge in [0.1, 0.15) is 0 Å². The predicted octanol–water partition coefficient (Wildman–Crippen LogP) is 2.42. The lowest BCUT2D eigenvalue weighted by Gasteiger charge is -2.28. The molecule has 0 amide bonds. The first-order valence-electron chi connectivity index (χ1n) is 6.46. The van der Waals surface area contributed by atoms with Crippen LogP contribution in [0, 0.1) is 10.1 Å². The number of aromatic nitrogens is 2. The molecule has 1 saturated carbocycles. The SMILES string of the molecule is O=[N+]([O-])c1ccc2cnn([C@@H]3CCCC[C@H]3O)c2c1. The van der Waals surface area contributed by atoms with Crippen molar-refractivity contribution >= 4 is 16.6 Å². The minimum absolute atomic E-state index is 0.0551. The average Bonchev–Trinajstić information content (AvgIpc) is 2.82. The van der Waals surface area contributed by atoms with Crippen LogP contribution in [0.1, 0.15) is 31.7 Å². The van der Waals surface area contributed by atoms with E-state index in [9.17, 15) is 15.2 Å². The number of nitrogens with zero attached hydrogens (tertiary/aromatic N) is 3. The fraction of sp³-hybridized carbons (Fsp3) is 0.462. The molecule has 6 heteroatoms. The predicted molar refractivity (Wildman–Crippen MR) is 69.9 cm³/mol. The summed E-state index contributed by atoms with van der Waals surface area (Å²) in [4.78, 5) is 10.4. The fourth-order valence-corrected chi connectivity index (χ4v) is 2.78. The van der Waals surface area contributed by atoms with Crippen LogP contribution in [0.3, 0.4) is 0 Å². The first-order valence-corrected chi connectivity index (χ1v) is 6.46. The Morgan fingerprint density at radius 2 is 2.16 bits per heavy atom. The Morgan fingerprint density at radius 3 is 2.89 bits per heavy atom. The summed E-state index contributed by atoms with van der Waals surface area (Å²) >= 11 is 0. The van der Waals surface area contributed by atoms with E-state index in [-0.39, 0.29) is 11.7 Å². The number of hydrogen-bond acceptors (Lipinski definition) is 4. The van der Waals surface area contributed by atoms with Crippen molar-refractivity contribution in [1.82, 2.24) is 9.78 Å². The third-order valence-corrected chi connectivity index (χ3v) is 3.80. The van der Waals surface area contributed by atoms with Crippen LogP contribution in [0.4, 0.5) is 5.69 Å². The maximum absolute atomic E-state index is 10.8. The summed E-state index contributed by atoms with van der Waals surface area (Å²) in [6, 6.07) is 4.63. The molecule has 1 aromatic heterocycles. The Morgan fingerprint density at radius 1 is 1.37 bits per heavy atom. The lowest BCUT2D eigenvalue weighted by atomic mass is 9.92. The highest BCUT2D eigenvalue weighted by atomic mass is 16.6. The minimum atomic E-state index is -0.420. The standard InChI is InChI=1S/C13H15N3O3/c17-13-4-2-1-3-11(13)15-12-7-10(16(18)19)6-5-9(12)8-14-15/h5-8,11,13,17H,1-4H2/t11-,13-/m1/s1. The van der Waals surface area contributed by atoms with Crippen LogP contribution in [0.5, 0.6) is 0 Å². The van der Waals surface area contributed by atoms with E-state index in [2.05, 4.69) is 5.10 Å². The lowest BCUT2D eigenvalue weighted by Crippen LogP contribution is -2.28. The van der Waals surface area contributed by atoms with Crippen LogP contribution in [-0.4, -0.2) is 25.9 Å². The number of fused-ring (bicyclic) bond motifs is 1. The molecule has 2 aromatic rings. The van der Waals surface area contributed by atoms with E-state index in [4.69, 9.17) is 0 Å². The quantitative estimate of drug-likeness (QED) is 0.665. The zero-order valence-electron chi connectivity index (χ0n) is 10.4. The Labute approximate surface area is 109 Å². The molecular formula is C13H15N3O3. The number of non-ortho nitro benzene ring substituents is 1. The summed E-state index contributed by atoms with van der Waals surface area (Å²) in [7, 11) is 0. The zero-order chi connectivity index (χ0) is 13.4. The highest BCUT2D eigenvalue weighted by Gasteiger charge is 2.26. The van der Waals surface area contributed by atoms with Gasteiger partial charge in [-0.15, -0.1) is 0 Å². The van der Waals surface area contributed by atoms with Gasteiger partial charge in [0.2, 0.25) is 0 Å². The number of nitro groups is 1. The van der Waals surface area contributed by atoms with Crippen LogP contribution in [0.2, 0.25) is 0 Å². The number of aliphatic hydroxyl groups is 1. The smallest absolute Gasteiger partial charge is 0.271 e. The number of nitro benzene ring substituents is 1. The van der Waals surface area contributed by atoms with Gasteiger partial charge in [0, 0.05) is 17.5 Å². The molecule has 100 valence electrons. The van der Waals surface area contributed by atoms with Gasteiger partial charge in [0.05, 0.1) is 28.8 Å². The van der Waals surface area contributed by atoms with E-state index in [1.165, 1.54) is 12.1 Å². The van der Waals surface area contributed by atoms with Crippen molar-refractivity contribution in [2.24, 2.45) is 0 Å². The van der Waals surface area contributed by atoms with E-state index >= 15 is 0 Å². The first kappa shape index (κ1) is 12.1. The molecule has 1 aliphatic rings. The molecule has 0 aliphatic heterocycles. The molecule has 1 N–H and O–H groups in total. The van der Waals surface area contributed by atoms with Gasteiger partial charge in [-0.3, -0.25) is 14.8 Å². The summed E-state index contributed by atoms with van der Waals surface area (Å²) in [6.07, 6.45) is 4.98. The Hall–Kier alpha value is -1.95. The second-order valence-corrected chi connectivity index (χ2v) is 5.01. The minimum Gasteiger partial charge on any atom is -0.391 e.